The molecule has 130 valence electrons. The second-order valence-corrected chi connectivity index (χ2v) is 8.85. The minimum absolute atomic E-state index is 0.0149. The second kappa shape index (κ2) is 7.45. The maximum atomic E-state index is 11.8. The van der Waals surface area contributed by atoms with Crippen molar-refractivity contribution in [2.24, 2.45) is 0 Å². The summed E-state index contributed by atoms with van der Waals surface area (Å²) < 4.78 is 24.9. The highest BCUT2D eigenvalue weighted by molar-refractivity contribution is 7.81. The van der Waals surface area contributed by atoms with Gasteiger partial charge in [-0.05, 0) is 17.7 Å². The van der Waals surface area contributed by atoms with Crippen LogP contribution in [-0.4, -0.2) is 19.8 Å². The Morgan fingerprint density at radius 1 is 1.12 bits per heavy atom. The third kappa shape index (κ3) is 3.74. The number of benzene rings is 1. The second-order valence-electron chi connectivity index (χ2n) is 4.72. The smallest absolute Gasteiger partial charge is 0.348 e. The summed E-state index contributed by atoms with van der Waals surface area (Å²) in [5.74, 6) is -1.23. The predicted octanol–water partition coefficient (Wildman–Crippen LogP) is 5.41. The zero-order valence-electron chi connectivity index (χ0n) is 12.1. The van der Waals surface area contributed by atoms with Gasteiger partial charge in [-0.25, -0.2) is 4.79 Å². The summed E-state index contributed by atoms with van der Waals surface area (Å²) in [6.45, 7) is 0. The van der Waals surface area contributed by atoms with Gasteiger partial charge in [0.2, 0.25) is 0 Å². The average Bonchev–Trinajstić information content (AvgIpc) is 3.13. The predicted molar refractivity (Wildman–Crippen MR) is 102 cm³/mol. The molecule has 0 bridgehead atoms. The molecule has 1 N–H and O–H groups in total. The third-order valence-corrected chi connectivity index (χ3v) is 6.51. The van der Waals surface area contributed by atoms with E-state index in [0.717, 1.165) is 32.5 Å². The van der Waals surface area contributed by atoms with Crippen molar-refractivity contribution in [1.82, 2.24) is 0 Å². The van der Waals surface area contributed by atoms with E-state index in [2.05, 4.69) is 0 Å². The molecule has 0 spiro atoms. The number of carboxylic acid groups (broad SMARTS) is 1. The molecule has 0 aliphatic rings. The normalized spacial score (nSPS) is 12.1. The molecule has 1 aromatic carbocycles. The zero-order chi connectivity index (χ0) is 18.1. The Morgan fingerprint density at radius 3 is 2.32 bits per heavy atom. The van der Waals surface area contributed by atoms with Crippen molar-refractivity contribution in [3.8, 4) is 10.4 Å². The Hall–Kier alpha value is -1.42. The Bertz CT molecular complexity index is 955. The number of nitrogens with zero attached hydrogens (tertiary/aromatic N) is 1. The molecule has 2 aromatic heterocycles. The van der Waals surface area contributed by atoms with Crippen LogP contribution in [0.3, 0.4) is 0 Å². The van der Waals surface area contributed by atoms with Crippen molar-refractivity contribution in [2.45, 2.75) is 0 Å². The first-order valence-corrected chi connectivity index (χ1v) is 10.1. The fraction of sp³-hybridized carbons (Fsp3) is 0. The Labute approximate surface area is 163 Å². The highest BCUT2D eigenvalue weighted by Crippen LogP contribution is 2.45. The monoisotopic (exact) mass is 432 g/mol. The van der Waals surface area contributed by atoms with Crippen LogP contribution in [0.4, 0.5) is 11.4 Å². The van der Waals surface area contributed by atoms with Crippen LogP contribution in [-0.2, 0) is 11.3 Å². The number of hydrogen-bond acceptors (Lipinski definition) is 5. The number of anilines is 2. The number of hydrogen-bond donors (Lipinski definition) is 1. The van der Waals surface area contributed by atoms with E-state index in [4.69, 9.17) is 23.2 Å². The molecule has 3 aromatic rings. The number of thiophene rings is 2. The van der Waals surface area contributed by atoms with E-state index in [1.54, 1.807) is 0 Å². The van der Waals surface area contributed by atoms with Gasteiger partial charge in [-0.1, -0.05) is 53.5 Å². The van der Waals surface area contributed by atoms with Gasteiger partial charge < -0.3 is 9.66 Å². The molecule has 25 heavy (non-hydrogen) atoms. The van der Waals surface area contributed by atoms with Gasteiger partial charge in [0.1, 0.15) is 9.21 Å². The first-order chi connectivity index (χ1) is 11.9. The van der Waals surface area contributed by atoms with Gasteiger partial charge in [-0.15, -0.1) is 22.7 Å². The van der Waals surface area contributed by atoms with Crippen LogP contribution in [0.25, 0.3) is 10.4 Å². The minimum Gasteiger partial charge on any atom is -0.755 e. The highest BCUT2D eigenvalue weighted by Gasteiger charge is 2.25. The van der Waals surface area contributed by atoms with E-state index in [-0.39, 0.29) is 20.6 Å². The van der Waals surface area contributed by atoms with Crippen LogP contribution in [0.1, 0.15) is 9.67 Å². The Kier molecular flexibility index (Phi) is 5.47. The van der Waals surface area contributed by atoms with Crippen molar-refractivity contribution >= 4 is 74.5 Å². The Balaban J connectivity index is 2.19. The van der Waals surface area contributed by atoms with Crippen LogP contribution >= 0.6 is 45.9 Å². The maximum absolute atomic E-state index is 11.8. The molecule has 1 atom stereocenters. The summed E-state index contributed by atoms with van der Waals surface area (Å²) in [5, 5.41) is 9.50. The number of halogens is 2. The molecule has 3 rings (SSSR count). The van der Waals surface area contributed by atoms with Crippen LogP contribution in [0.15, 0.2) is 42.5 Å². The molecule has 0 radical (unpaired) electrons. The van der Waals surface area contributed by atoms with E-state index in [0.29, 0.717) is 9.21 Å². The fourth-order valence-electron chi connectivity index (χ4n) is 2.19. The van der Waals surface area contributed by atoms with Crippen LogP contribution in [0.2, 0.25) is 8.67 Å². The summed E-state index contributed by atoms with van der Waals surface area (Å²) >= 11 is 11.2. The number of carboxylic acids is 1. The molecule has 0 aliphatic heterocycles. The van der Waals surface area contributed by atoms with Gasteiger partial charge in [0.25, 0.3) is 0 Å². The largest absolute Gasteiger partial charge is 0.755 e. The highest BCUT2D eigenvalue weighted by atomic mass is 35.5. The summed E-state index contributed by atoms with van der Waals surface area (Å²) in [6, 6.07) is 12.0. The first-order valence-electron chi connectivity index (χ1n) is 6.65. The lowest BCUT2D eigenvalue weighted by atomic mass is 10.2. The van der Waals surface area contributed by atoms with Crippen molar-refractivity contribution < 1.29 is 18.7 Å². The molecule has 0 aliphatic carbocycles. The standard InChI is InChI=1S/C15H9Cl2NO4S3/c16-12-7-10(14(17)24-12)18(25(21)22)9-6-11(23-13(9)15(19)20)8-4-2-1-3-5-8/h1-7H,(H,19,20)(H,21,22)/p-1. The lowest BCUT2D eigenvalue weighted by molar-refractivity contribution is 0.0703. The molecule has 1 unspecified atom stereocenters. The van der Waals surface area contributed by atoms with Crippen LogP contribution in [0, 0.1) is 0 Å². The van der Waals surface area contributed by atoms with Gasteiger partial charge in [0.15, 0.2) is 0 Å². The number of rotatable bonds is 5. The van der Waals surface area contributed by atoms with E-state index in [1.165, 1.54) is 12.1 Å². The van der Waals surface area contributed by atoms with Crippen molar-refractivity contribution in [3.63, 3.8) is 0 Å². The Morgan fingerprint density at radius 2 is 1.80 bits per heavy atom. The molecule has 0 saturated heterocycles. The van der Waals surface area contributed by atoms with E-state index in [1.807, 2.05) is 30.3 Å². The zero-order valence-corrected chi connectivity index (χ0v) is 16.1. The van der Waals surface area contributed by atoms with Crippen LogP contribution < -0.4 is 4.31 Å². The van der Waals surface area contributed by atoms with Crippen molar-refractivity contribution in [1.29, 1.82) is 0 Å². The third-order valence-electron chi connectivity index (χ3n) is 3.19. The van der Waals surface area contributed by atoms with E-state index < -0.39 is 17.2 Å². The van der Waals surface area contributed by atoms with Gasteiger partial charge in [-0.3, -0.25) is 8.51 Å². The van der Waals surface area contributed by atoms with Gasteiger partial charge >= 0.3 is 5.97 Å². The van der Waals surface area contributed by atoms with Crippen molar-refractivity contribution in [2.75, 3.05) is 4.31 Å². The summed E-state index contributed by atoms with van der Waals surface area (Å²) in [5.41, 5.74) is 0.915. The van der Waals surface area contributed by atoms with E-state index >= 15 is 0 Å². The number of aromatic carboxylic acids is 1. The summed E-state index contributed by atoms with van der Waals surface area (Å²) in [7, 11) is 0. The average molecular weight is 433 g/mol. The molecular formula is C15H8Cl2NO4S3-. The SMILES string of the molecule is O=C(O)c1sc(-c2ccccc2)cc1N(c1cc(Cl)sc1Cl)S(=O)[O-]. The molecular weight excluding hydrogens is 425 g/mol. The van der Waals surface area contributed by atoms with Gasteiger partial charge in [-0.2, -0.15) is 0 Å². The fourth-order valence-corrected chi connectivity index (χ4v) is 5.39. The van der Waals surface area contributed by atoms with Crippen LogP contribution in [0.5, 0.6) is 0 Å². The topological polar surface area (TPSA) is 80.7 Å². The first kappa shape index (κ1) is 18.4. The summed E-state index contributed by atoms with van der Waals surface area (Å²) in [6.07, 6.45) is 0. The van der Waals surface area contributed by atoms with Gasteiger partial charge in [0.05, 0.1) is 27.0 Å². The quantitative estimate of drug-likeness (QED) is 0.546. The van der Waals surface area contributed by atoms with Crippen molar-refractivity contribution in [3.05, 3.63) is 56.0 Å². The molecule has 5 nitrogen and oxygen atoms in total. The molecule has 0 saturated carbocycles. The molecule has 2 heterocycles. The maximum Gasteiger partial charge on any atom is 0.348 e. The lowest BCUT2D eigenvalue weighted by Gasteiger charge is -2.25. The number of carbonyl (C=O) groups is 1. The summed E-state index contributed by atoms with van der Waals surface area (Å²) in [4.78, 5) is 12.2. The molecule has 10 heteroatoms. The molecule has 0 amide bonds. The molecule has 0 fully saturated rings. The minimum atomic E-state index is -2.78. The van der Waals surface area contributed by atoms with Gasteiger partial charge in [0, 0.05) is 4.88 Å². The lowest BCUT2D eigenvalue weighted by Crippen LogP contribution is -2.20. The van der Waals surface area contributed by atoms with E-state index in [9.17, 15) is 18.7 Å².